The van der Waals surface area contributed by atoms with Gasteiger partial charge in [-0.25, -0.2) is 8.42 Å². The fourth-order valence-corrected chi connectivity index (χ4v) is 5.94. The van der Waals surface area contributed by atoms with Gasteiger partial charge in [0.1, 0.15) is 0 Å². The van der Waals surface area contributed by atoms with Crippen LogP contribution < -0.4 is 0 Å². The summed E-state index contributed by atoms with van der Waals surface area (Å²) in [5.74, 6) is 0. The molecule has 0 atom stereocenters. The lowest BCUT2D eigenvalue weighted by molar-refractivity contribution is 0.150. The second kappa shape index (κ2) is 7.70. The minimum Gasteiger partial charge on any atom is -0.299 e. The zero-order valence-electron chi connectivity index (χ0n) is 15.8. The van der Waals surface area contributed by atoms with Gasteiger partial charge in [-0.2, -0.15) is 4.31 Å². The van der Waals surface area contributed by atoms with E-state index in [0.29, 0.717) is 4.90 Å². The second-order valence-electron chi connectivity index (χ2n) is 7.69. The molecule has 1 aliphatic carbocycles. The molecule has 1 aromatic heterocycles. The van der Waals surface area contributed by atoms with E-state index in [-0.39, 0.29) is 12.1 Å². The fourth-order valence-electron chi connectivity index (χ4n) is 3.99. The molecule has 0 spiro atoms. The van der Waals surface area contributed by atoms with Crippen molar-refractivity contribution in [2.75, 3.05) is 13.1 Å². The number of aromatic nitrogens is 1. The van der Waals surface area contributed by atoms with Crippen LogP contribution in [0, 0.1) is 6.92 Å². The smallest absolute Gasteiger partial charge is 0.243 e. The zero-order valence-corrected chi connectivity index (χ0v) is 16.6. The van der Waals surface area contributed by atoms with Gasteiger partial charge in [0.05, 0.1) is 4.90 Å². The molecule has 0 unspecified atom stereocenters. The first-order valence-corrected chi connectivity index (χ1v) is 11.2. The molecule has 1 saturated carbocycles. The van der Waals surface area contributed by atoms with Crippen LogP contribution in [0.5, 0.6) is 0 Å². The molecular weight excluding hydrogens is 358 g/mol. The lowest BCUT2D eigenvalue weighted by Gasteiger charge is -2.38. The normalized spacial score (nSPS) is 19.5. The van der Waals surface area contributed by atoms with E-state index in [9.17, 15) is 8.42 Å². The van der Waals surface area contributed by atoms with Crippen LogP contribution in [0.4, 0.5) is 0 Å². The van der Waals surface area contributed by atoms with E-state index in [1.54, 1.807) is 24.3 Å². The van der Waals surface area contributed by atoms with Gasteiger partial charge in [-0.1, -0.05) is 18.2 Å². The van der Waals surface area contributed by atoms with Crippen molar-refractivity contribution in [1.29, 1.82) is 0 Å². The molecule has 1 aromatic carbocycles. The highest BCUT2D eigenvalue weighted by Gasteiger charge is 2.43. The predicted octanol–water partition coefficient (Wildman–Crippen LogP) is 3.21. The molecular formula is C21H27N3O2S. The summed E-state index contributed by atoms with van der Waals surface area (Å²) >= 11 is 0. The minimum absolute atomic E-state index is 0.109. The zero-order chi connectivity index (χ0) is 18.9. The van der Waals surface area contributed by atoms with Gasteiger partial charge in [-0.15, -0.1) is 0 Å². The Bertz CT molecular complexity index is 873. The van der Waals surface area contributed by atoms with Gasteiger partial charge >= 0.3 is 0 Å². The number of nitrogens with zero attached hydrogens (tertiary/aromatic N) is 3. The SMILES string of the molecule is Cc1cnccc1CN1CCC(N(C2CC2)S(=O)(=O)c2ccccc2)CC1. The van der Waals surface area contributed by atoms with Crippen molar-refractivity contribution in [3.63, 3.8) is 0 Å². The summed E-state index contributed by atoms with van der Waals surface area (Å²) < 4.78 is 28.3. The molecule has 1 aliphatic heterocycles. The van der Waals surface area contributed by atoms with Crippen LogP contribution in [0.3, 0.4) is 0 Å². The Labute approximate surface area is 162 Å². The van der Waals surface area contributed by atoms with Crippen molar-refractivity contribution < 1.29 is 8.42 Å². The highest BCUT2D eigenvalue weighted by atomic mass is 32.2. The molecule has 6 heteroatoms. The highest BCUT2D eigenvalue weighted by Crippen LogP contribution is 2.36. The van der Waals surface area contributed by atoms with Crippen LogP contribution in [-0.4, -0.2) is 47.8 Å². The Kier molecular flexibility index (Phi) is 5.30. The van der Waals surface area contributed by atoms with E-state index in [0.717, 1.165) is 45.3 Å². The minimum atomic E-state index is -3.41. The third kappa shape index (κ3) is 4.08. The van der Waals surface area contributed by atoms with Gasteiger partial charge < -0.3 is 0 Å². The molecule has 0 amide bonds. The number of rotatable bonds is 6. The molecule has 2 aliphatic rings. The Morgan fingerprint density at radius 1 is 1.04 bits per heavy atom. The average Bonchev–Trinajstić information content (AvgIpc) is 3.51. The summed E-state index contributed by atoms with van der Waals surface area (Å²) in [4.78, 5) is 7.02. The molecule has 144 valence electrons. The van der Waals surface area contributed by atoms with E-state index < -0.39 is 10.0 Å². The first-order chi connectivity index (χ1) is 13.1. The van der Waals surface area contributed by atoms with E-state index in [1.165, 1.54) is 11.1 Å². The third-order valence-corrected chi connectivity index (χ3v) is 7.69. The number of aryl methyl sites for hydroxylation is 1. The van der Waals surface area contributed by atoms with Crippen LogP contribution >= 0.6 is 0 Å². The van der Waals surface area contributed by atoms with E-state index in [1.807, 2.05) is 22.8 Å². The van der Waals surface area contributed by atoms with Crippen molar-refractivity contribution >= 4 is 10.0 Å². The Balaban J connectivity index is 1.45. The number of hydrogen-bond donors (Lipinski definition) is 0. The number of sulfonamides is 1. The summed E-state index contributed by atoms with van der Waals surface area (Å²) in [6, 6.07) is 11.3. The van der Waals surface area contributed by atoms with Gasteiger partial charge in [0.15, 0.2) is 0 Å². The number of likely N-dealkylation sites (tertiary alicyclic amines) is 1. The van der Waals surface area contributed by atoms with Crippen LogP contribution in [-0.2, 0) is 16.6 Å². The van der Waals surface area contributed by atoms with Crippen molar-refractivity contribution in [2.24, 2.45) is 0 Å². The van der Waals surface area contributed by atoms with Crippen LogP contribution in [0.1, 0.15) is 36.8 Å². The summed E-state index contributed by atoms with van der Waals surface area (Å²) in [7, 11) is -3.41. The summed E-state index contributed by atoms with van der Waals surface area (Å²) in [5.41, 5.74) is 2.52. The first kappa shape index (κ1) is 18.6. The summed E-state index contributed by atoms with van der Waals surface area (Å²) in [6.07, 6.45) is 7.52. The fraction of sp³-hybridized carbons (Fsp3) is 0.476. The van der Waals surface area contributed by atoms with E-state index >= 15 is 0 Å². The summed E-state index contributed by atoms with van der Waals surface area (Å²) in [5, 5.41) is 0. The van der Waals surface area contributed by atoms with Gasteiger partial charge in [-0.3, -0.25) is 9.88 Å². The van der Waals surface area contributed by atoms with Crippen molar-refractivity contribution in [1.82, 2.24) is 14.2 Å². The topological polar surface area (TPSA) is 53.5 Å². The predicted molar refractivity (Wildman–Crippen MR) is 106 cm³/mol. The van der Waals surface area contributed by atoms with E-state index in [2.05, 4.69) is 22.9 Å². The van der Waals surface area contributed by atoms with Crippen LogP contribution in [0.25, 0.3) is 0 Å². The molecule has 2 aromatic rings. The molecule has 0 N–H and O–H groups in total. The summed E-state index contributed by atoms with van der Waals surface area (Å²) in [6.45, 7) is 4.87. The van der Waals surface area contributed by atoms with Crippen LogP contribution in [0.15, 0.2) is 53.7 Å². The monoisotopic (exact) mass is 385 g/mol. The van der Waals surface area contributed by atoms with E-state index in [4.69, 9.17) is 0 Å². The van der Waals surface area contributed by atoms with Crippen molar-refractivity contribution in [3.05, 3.63) is 59.9 Å². The van der Waals surface area contributed by atoms with Gasteiger partial charge in [0, 0.05) is 44.1 Å². The van der Waals surface area contributed by atoms with Gasteiger partial charge in [0.2, 0.25) is 10.0 Å². The Morgan fingerprint density at radius 3 is 2.33 bits per heavy atom. The van der Waals surface area contributed by atoms with Gasteiger partial charge in [-0.05, 0) is 61.9 Å². The maximum Gasteiger partial charge on any atom is 0.243 e. The number of pyridine rings is 1. The quantitative estimate of drug-likeness (QED) is 0.766. The highest BCUT2D eigenvalue weighted by molar-refractivity contribution is 7.89. The lowest BCUT2D eigenvalue weighted by atomic mass is 10.0. The van der Waals surface area contributed by atoms with Gasteiger partial charge in [0.25, 0.3) is 0 Å². The standard InChI is InChI=1S/C21H27N3O2S/c1-17-15-22-12-9-18(17)16-23-13-10-20(11-14-23)24(19-7-8-19)27(25,26)21-5-3-2-4-6-21/h2-6,9,12,15,19-20H,7-8,10-11,13-14,16H2,1H3. The molecule has 2 heterocycles. The molecule has 27 heavy (non-hydrogen) atoms. The molecule has 1 saturated heterocycles. The molecule has 0 bridgehead atoms. The molecule has 4 rings (SSSR count). The molecule has 5 nitrogen and oxygen atoms in total. The maximum atomic E-state index is 13.2. The average molecular weight is 386 g/mol. The number of hydrogen-bond acceptors (Lipinski definition) is 4. The lowest BCUT2D eigenvalue weighted by Crippen LogP contribution is -2.48. The largest absolute Gasteiger partial charge is 0.299 e. The Morgan fingerprint density at radius 2 is 1.70 bits per heavy atom. The molecule has 0 radical (unpaired) electrons. The van der Waals surface area contributed by atoms with Crippen molar-refractivity contribution in [2.45, 2.75) is 56.1 Å². The second-order valence-corrected chi connectivity index (χ2v) is 9.53. The van der Waals surface area contributed by atoms with Crippen LogP contribution in [0.2, 0.25) is 0 Å². The first-order valence-electron chi connectivity index (χ1n) is 9.76. The van der Waals surface area contributed by atoms with Crippen molar-refractivity contribution in [3.8, 4) is 0 Å². The third-order valence-electron chi connectivity index (χ3n) is 5.67. The maximum absolute atomic E-state index is 13.2. The number of piperidine rings is 1. The molecule has 2 fully saturated rings. The Hall–Kier alpha value is -1.76. The number of benzene rings is 1.